The van der Waals surface area contributed by atoms with Crippen LogP contribution in [0.25, 0.3) is 0 Å². The topological polar surface area (TPSA) is 64.4 Å². The highest BCUT2D eigenvalue weighted by Crippen LogP contribution is 2.36. The third-order valence-electron chi connectivity index (χ3n) is 3.70. The van der Waals surface area contributed by atoms with Crippen molar-refractivity contribution in [1.29, 1.82) is 0 Å². The smallest absolute Gasteiger partial charge is 0.382 e. The van der Waals surface area contributed by atoms with Crippen LogP contribution in [-0.4, -0.2) is 5.84 Å². The van der Waals surface area contributed by atoms with Crippen LogP contribution in [0.1, 0.15) is 28.7 Å². The van der Waals surface area contributed by atoms with Gasteiger partial charge in [-0.3, -0.25) is 0 Å². The van der Waals surface area contributed by atoms with Gasteiger partial charge in [0.25, 0.3) is 0 Å². The number of hydrogen-bond donors (Lipinski definition) is 2. The fourth-order valence-electron chi connectivity index (χ4n) is 2.50. The number of hydrogen-bond acceptors (Lipinski definition) is 2. The van der Waals surface area contributed by atoms with E-state index in [1.165, 1.54) is 6.07 Å². The zero-order valence-electron chi connectivity index (χ0n) is 12.8. The Balaban J connectivity index is 0.000000185. The molecule has 2 aromatic carbocycles. The van der Waals surface area contributed by atoms with E-state index in [1.807, 2.05) is 30.3 Å². The van der Waals surface area contributed by atoms with Gasteiger partial charge in [0.1, 0.15) is 5.84 Å². The molecule has 0 unspecified atom stereocenters. The molecule has 128 valence electrons. The first-order chi connectivity index (χ1) is 11.3. The van der Waals surface area contributed by atoms with E-state index in [4.69, 9.17) is 23.2 Å². The van der Waals surface area contributed by atoms with Crippen LogP contribution < -0.4 is 11.6 Å². The SMILES string of the molecule is FC(F)(F)c1cc(Cl)c2c(c1)CCC2.N/N=C(\N)c1ccccc1. The second-order valence-corrected chi connectivity index (χ2v) is 5.73. The Hall–Kier alpha value is -2.21. The number of rotatable bonds is 1. The van der Waals surface area contributed by atoms with Gasteiger partial charge in [-0.05, 0) is 42.5 Å². The lowest BCUT2D eigenvalue weighted by molar-refractivity contribution is -0.137. The van der Waals surface area contributed by atoms with Crippen LogP contribution in [0.15, 0.2) is 47.6 Å². The number of amidine groups is 1. The summed E-state index contributed by atoms with van der Waals surface area (Å²) in [5, 5.41) is 3.61. The first kappa shape index (κ1) is 18.1. The number of aryl methyl sites for hydroxylation is 1. The maximum Gasteiger partial charge on any atom is 0.416 e. The Morgan fingerprint density at radius 2 is 1.75 bits per heavy atom. The normalized spacial score (nSPS) is 13.9. The molecule has 3 nitrogen and oxygen atoms in total. The van der Waals surface area contributed by atoms with Crippen LogP contribution in [0.5, 0.6) is 0 Å². The predicted octanol–water partition coefficient (Wildman–Crippen LogP) is 4.11. The number of nitrogens with zero attached hydrogens (tertiary/aromatic N) is 1. The molecule has 1 aliphatic carbocycles. The predicted molar refractivity (Wildman–Crippen MR) is 89.8 cm³/mol. The maximum atomic E-state index is 12.4. The lowest BCUT2D eigenvalue weighted by Crippen LogP contribution is -2.14. The molecule has 2 aromatic rings. The third kappa shape index (κ3) is 4.41. The van der Waals surface area contributed by atoms with Crippen molar-refractivity contribution in [3.8, 4) is 0 Å². The molecule has 0 spiro atoms. The third-order valence-corrected chi connectivity index (χ3v) is 4.03. The summed E-state index contributed by atoms with van der Waals surface area (Å²) in [6.07, 6.45) is -1.89. The maximum absolute atomic E-state index is 12.4. The Morgan fingerprint density at radius 3 is 2.33 bits per heavy atom. The van der Waals surface area contributed by atoms with E-state index >= 15 is 0 Å². The van der Waals surface area contributed by atoms with E-state index in [-0.39, 0.29) is 5.02 Å². The summed E-state index contributed by atoms with van der Waals surface area (Å²) in [7, 11) is 0. The van der Waals surface area contributed by atoms with E-state index in [9.17, 15) is 13.2 Å². The molecule has 0 aromatic heterocycles. The van der Waals surface area contributed by atoms with E-state index in [1.54, 1.807) is 0 Å². The highest BCUT2D eigenvalue weighted by molar-refractivity contribution is 6.31. The number of halogens is 4. The van der Waals surface area contributed by atoms with E-state index in [0.717, 1.165) is 35.6 Å². The van der Waals surface area contributed by atoms with Gasteiger partial charge in [0.2, 0.25) is 0 Å². The van der Waals surface area contributed by atoms with Gasteiger partial charge >= 0.3 is 6.18 Å². The molecule has 0 fully saturated rings. The first-order valence-electron chi connectivity index (χ1n) is 7.30. The van der Waals surface area contributed by atoms with Gasteiger partial charge in [0.05, 0.1) is 5.56 Å². The molecule has 0 atom stereocenters. The minimum atomic E-state index is -4.29. The van der Waals surface area contributed by atoms with Gasteiger partial charge < -0.3 is 11.6 Å². The minimum Gasteiger partial charge on any atom is -0.382 e. The van der Waals surface area contributed by atoms with Crippen molar-refractivity contribution in [1.82, 2.24) is 0 Å². The van der Waals surface area contributed by atoms with Crippen molar-refractivity contribution >= 4 is 17.4 Å². The molecule has 3 rings (SSSR count). The highest BCUT2D eigenvalue weighted by Gasteiger charge is 2.32. The van der Waals surface area contributed by atoms with Crippen LogP contribution in [0.4, 0.5) is 13.2 Å². The van der Waals surface area contributed by atoms with Crippen LogP contribution in [0.3, 0.4) is 0 Å². The van der Waals surface area contributed by atoms with Gasteiger partial charge in [-0.25, -0.2) is 0 Å². The Kier molecular flexibility index (Phi) is 5.72. The zero-order valence-corrected chi connectivity index (χ0v) is 13.5. The molecule has 0 amide bonds. The lowest BCUT2D eigenvalue weighted by atomic mass is 10.1. The summed E-state index contributed by atoms with van der Waals surface area (Å²) in [6.45, 7) is 0. The fraction of sp³-hybridized carbons (Fsp3) is 0.235. The monoisotopic (exact) mass is 355 g/mol. The van der Waals surface area contributed by atoms with Crippen molar-refractivity contribution < 1.29 is 13.2 Å². The molecule has 0 aliphatic heterocycles. The summed E-state index contributed by atoms with van der Waals surface area (Å²) in [5.41, 5.74) is 7.28. The van der Waals surface area contributed by atoms with E-state index in [0.29, 0.717) is 12.3 Å². The first-order valence-corrected chi connectivity index (χ1v) is 7.68. The largest absolute Gasteiger partial charge is 0.416 e. The zero-order chi connectivity index (χ0) is 17.7. The second-order valence-electron chi connectivity index (χ2n) is 5.33. The molecule has 4 N–H and O–H groups in total. The van der Waals surface area contributed by atoms with Crippen molar-refractivity contribution in [3.63, 3.8) is 0 Å². The summed E-state index contributed by atoms with van der Waals surface area (Å²) in [4.78, 5) is 0. The summed E-state index contributed by atoms with van der Waals surface area (Å²) in [5.74, 6) is 5.33. The Morgan fingerprint density at radius 1 is 1.08 bits per heavy atom. The number of benzene rings is 2. The molecule has 7 heteroatoms. The lowest BCUT2D eigenvalue weighted by Gasteiger charge is -2.10. The van der Waals surface area contributed by atoms with Gasteiger partial charge in [0.15, 0.2) is 0 Å². The van der Waals surface area contributed by atoms with Crippen molar-refractivity contribution in [2.45, 2.75) is 25.4 Å². The molecule has 0 heterocycles. The van der Waals surface area contributed by atoms with Gasteiger partial charge in [0, 0.05) is 10.6 Å². The highest BCUT2D eigenvalue weighted by atomic mass is 35.5. The number of fused-ring (bicyclic) bond motifs is 1. The van der Waals surface area contributed by atoms with Gasteiger partial charge in [-0.15, -0.1) is 0 Å². The van der Waals surface area contributed by atoms with Crippen molar-refractivity contribution in [3.05, 3.63) is 69.7 Å². The Labute approximate surface area is 143 Å². The van der Waals surface area contributed by atoms with Crippen LogP contribution in [0, 0.1) is 0 Å². The number of hydrazone groups is 1. The van der Waals surface area contributed by atoms with Crippen LogP contribution in [0.2, 0.25) is 5.02 Å². The second kappa shape index (κ2) is 7.57. The molecule has 0 radical (unpaired) electrons. The summed E-state index contributed by atoms with van der Waals surface area (Å²) < 4.78 is 37.1. The Bertz CT molecular complexity index is 728. The van der Waals surface area contributed by atoms with Gasteiger partial charge in [-0.1, -0.05) is 41.9 Å². The summed E-state index contributed by atoms with van der Waals surface area (Å²) >= 11 is 5.78. The van der Waals surface area contributed by atoms with Crippen molar-refractivity contribution in [2.24, 2.45) is 16.7 Å². The average Bonchev–Trinajstić information content (AvgIpc) is 3.04. The standard InChI is InChI=1S/C10H8ClF3.C7H9N3/c11-9-5-7(10(12,13)14)4-6-2-1-3-8(6)9;8-7(10-9)6-4-2-1-3-5-6/h4-5H,1-3H2;1-5H,9H2,(H2,8,10). The minimum absolute atomic E-state index is 0.257. The summed E-state index contributed by atoms with van der Waals surface area (Å²) in [6, 6.07) is 11.6. The molecule has 1 aliphatic rings. The van der Waals surface area contributed by atoms with Crippen LogP contribution >= 0.6 is 11.6 Å². The molecule has 0 saturated heterocycles. The number of nitrogens with two attached hydrogens (primary N) is 2. The van der Waals surface area contributed by atoms with E-state index in [2.05, 4.69) is 5.10 Å². The van der Waals surface area contributed by atoms with Gasteiger partial charge in [-0.2, -0.15) is 18.3 Å². The fourth-order valence-corrected chi connectivity index (χ4v) is 2.83. The van der Waals surface area contributed by atoms with Crippen LogP contribution in [-0.2, 0) is 19.0 Å². The molecule has 0 bridgehead atoms. The quantitative estimate of drug-likeness (QED) is 0.350. The average molecular weight is 356 g/mol. The number of alkyl halides is 3. The molecule has 24 heavy (non-hydrogen) atoms. The molecular weight excluding hydrogens is 339 g/mol. The van der Waals surface area contributed by atoms with Crippen molar-refractivity contribution in [2.75, 3.05) is 0 Å². The molecule has 0 saturated carbocycles. The van der Waals surface area contributed by atoms with E-state index < -0.39 is 11.7 Å². The molecular formula is C17H17ClF3N3.